The van der Waals surface area contributed by atoms with E-state index >= 15 is 0 Å². The Bertz CT molecular complexity index is 1130. The molecular formula is C19H15N5O. The van der Waals surface area contributed by atoms with E-state index in [4.69, 9.17) is 4.42 Å². The minimum atomic E-state index is -0.136. The number of fused-ring (bicyclic) bond motifs is 3. The molecule has 1 aromatic carbocycles. The van der Waals surface area contributed by atoms with Crippen LogP contribution in [0.4, 0.5) is 5.69 Å². The normalized spacial score (nSPS) is 17.4. The van der Waals surface area contributed by atoms with Crippen molar-refractivity contribution in [3.05, 3.63) is 47.4 Å². The monoisotopic (exact) mass is 329 g/mol. The van der Waals surface area contributed by atoms with Crippen molar-refractivity contribution in [1.82, 2.24) is 9.88 Å². The first kappa shape index (κ1) is 15.0. The Morgan fingerprint density at radius 1 is 1.16 bits per heavy atom. The smallest absolute Gasteiger partial charge is 0.227 e. The lowest BCUT2D eigenvalue weighted by Gasteiger charge is -2.29. The van der Waals surface area contributed by atoms with Crippen molar-refractivity contribution in [3.63, 3.8) is 0 Å². The average molecular weight is 329 g/mol. The highest BCUT2D eigenvalue weighted by Gasteiger charge is 2.35. The van der Waals surface area contributed by atoms with E-state index in [1.54, 1.807) is 6.20 Å². The summed E-state index contributed by atoms with van der Waals surface area (Å²) in [5.74, 6) is 0. The van der Waals surface area contributed by atoms with Crippen LogP contribution in [0.3, 0.4) is 0 Å². The molecule has 25 heavy (non-hydrogen) atoms. The second-order valence-electron chi connectivity index (χ2n) is 6.13. The maximum absolute atomic E-state index is 9.59. The molecule has 0 fully saturated rings. The van der Waals surface area contributed by atoms with Crippen LogP contribution in [0.1, 0.15) is 12.5 Å². The van der Waals surface area contributed by atoms with Crippen LogP contribution < -0.4 is 4.90 Å². The van der Waals surface area contributed by atoms with Crippen LogP contribution in [0.25, 0.3) is 22.1 Å². The number of hydrogen-bond acceptors (Lipinski definition) is 6. The van der Waals surface area contributed by atoms with Crippen LogP contribution in [0.2, 0.25) is 0 Å². The number of anilines is 1. The molecule has 0 spiro atoms. The Morgan fingerprint density at radius 3 is 2.64 bits per heavy atom. The molecule has 2 aromatic heterocycles. The summed E-state index contributed by atoms with van der Waals surface area (Å²) in [6.07, 6.45) is 1.56. The third kappa shape index (κ3) is 1.98. The lowest BCUT2D eigenvalue weighted by atomic mass is 10.1. The number of furan rings is 1. The van der Waals surface area contributed by atoms with Gasteiger partial charge in [0.05, 0.1) is 5.69 Å². The summed E-state index contributed by atoms with van der Waals surface area (Å²) in [5.41, 5.74) is 3.90. The molecule has 1 aliphatic rings. The summed E-state index contributed by atoms with van der Waals surface area (Å²) < 4.78 is 5.88. The number of benzene rings is 1. The van der Waals surface area contributed by atoms with Crippen molar-refractivity contribution in [2.24, 2.45) is 0 Å². The number of pyridine rings is 1. The van der Waals surface area contributed by atoms with Gasteiger partial charge in [-0.05, 0) is 37.6 Å². The summed E-state index contributed by atoms with van der Waals surface area (Å²) in [4.78, 5) is 7.96. The highest BCUT2D eigenvalue weighted by Crippen LogP contribution is 2.38. The van der Waals surface area contributed by atoms with E-state index in [1.165, 1.54) is 0 Å². The number of aromatic nitrogens is 1. The van der Waals surface area contributed by atoms with Crippen LogP contribution in [0.15, 0.2) is 46.3 Å². The van der Waals surface area contributed by atoms with Gasteiger partial charge in [0.1, 0.15) is 23.9 Å². The molecule has 0 saturated heterocycles. The van der Waals surface area contributed by atoms with Crippen molar-refractivity contribution in [3.8, 4) is 12.1 Å². The van der Waals surface area contributed by atoms with E-state index in [0.29, 0.717) is 22.7 Å². The summed E-state index contributed by atoms with van der Waals surface area (Å²) in [5, 5.41) is 21.0. The van der Waals surface area contributed by atoms with E-state index < -0.39 is 0 Å². The van der Waals surface area contributed by atoms with Crippen LogP contribution in [0.5, 0.6) is 0 Å². The minimum absolute atomic E-state index is 0.136. The van der Waals surface area contributed by atoms with Crippen LogP contribution >= 0.6 is 0 Å². The molecule has 0 amide bonds. The fourth-order valence-electron chi connectivity index (χ4n) is 3.40. The molecule has 0 aliphatic carbocycles. The van der Waals surface area contributed by atoms with Crippen molar-refractivity contribution in [2.75, 3.05) is 11.9 Å². The largest absolute Gasteiger partial charge is 0.438 e. The molecule has 0 N–H and O–H groups in total. The van der Waals surface area contributed by atoms with Gasteiger partial charge in [0.25, 0.3) is 0 Å². The predicted molar refractivity (Wildman–Crippen MR) is 94.2 cm³/mol. The first-order valence-electron chi connectivity index (χ1n) is 7.91. The Morgan fingerprint density at radius 2 is 1.92 bits per heavy atom. The van der Waals surface area contributed by atoms with Gasteiger partial charge >= 0.3 is 0 Å². The molecule has 0 radical (unpaired) electrons. The van der Waals surface area contributed by atoms with Crippen molar-refractivity contribution in [1.29, 1.82) is 10.5 Å². The number of aryl methyl sites for hydroxylation is 1. The van der Waals surface area contributed by atoms with Crippen molar-refractivity contribution >= 4 is 27.8 Å². The fraction of sp³-hybridized carbons (Fsp3) is 0.211. The van der Waals surface area contributed by atoms with Gasteiger partial charge in [0.15, 0.2) is 11.4 Å². The van der Waals surface area contributed by atoms with Gasteiger partial charge < -0.3 is 14.2 Å². The SMILES string of the molecule is Cc1cc2c(cc1N1C(C#N)=C(C#N)N(C)[C@@H]1C)oc1ncccc12. The minimum Gasteiger partial charge on any atom is -0.438 e. The molecule has 3 heterocycles. The predicted octanol–water partition coefficient (Wildman–Crippen LogP) is 3.65. The first-order chi connectivity index (χ1) is 12.1. The van der Waals surface area contributed by atoms with E-state index in [-0.39, 0.29) is 6.17 Å². The Balaban J connectivity index is 1.97. The molecule has 6 nitrogen and oxygen atoms in total. The quantitative estimate of drug-likeness (QED) is 0.678. The Hall–Kier alpha value is -3.51. The number of hydrogen-bond donors (Lipinski definition) is 0. The first-order valence-corrected chi connectivity index (χ1v) is 7.91. The zero-order valence-electron chi connectivity index (χ0n) is 14.1. The van der Waals surface area contributed by atoms with Gasteiger partial charge in [-0.25, -0.2) is 4.98 Å². The highest BCUT2D eigenvalue weighted by molar-refractivity contribution is 6.05. The number of nitrogens with zero attached hydrogens (tertiary/aromatic N) is 5. The zero-order chi connectivity index (χ0) is 17.7. The van der Waals surface area contributed by atoms with E-state index in [1.807, 2.05) is 55.0 Å². The molecule has 0 saturated carbocycles. The van der Waals surface area contributed by atoms with Crippen molar-refractivity contribution < 1.29 is 4.42 Å². The lowest BCUT2D eigenvalue weighted by Crippen LogP contribution is -2.36. The van der Waals surface area contributed by atoms with E-state index in [2.05, 4.69) is 17.1 Å². The van der Waals surface area contributed by atoms with E-state index in [0.717, 1.165) is 22.0 Å². The lowest BCUT2D eigenvalue weighted by molar-refractivity contribution is 0.367. The molecule has 3 aromatic rings. The number of nitriles is 2. The van der Waals surface area contributed by atoms with Gasteiger partial charge in [-0.15, -0.1) is 0 Å². The number of rotatable bonds is 1. The molecule has 1 atom stereocenters. The molecule has 122 valence electrons. The van der Waals surface area contributed by atoms with Gasteiger partial charge in [0, 0.05) is 30.1 Å². The second kappa shape index (κ2) is 5.25. The van der Waals surface area contributed by atoms with Gasteiger partial charge in [-0.2, -0.15) is 10.5 Å². The highest BCUT2D eigenvalue weighted by atomic mass is 16.3. The number of allylic oxidation sites excluding steroid dienone is 2. The Kier molecular flexibility index (Phi) is 3.16. The fourth-order valence-corrected chi connectivity index (χ4v) is 3.40. The van der Waals surface area contributed by atoms with Crippen LogP contribution in [0, 0.1) is 29.6 Å². The average Bonchev–Trinajstić information content (AvgIpc) is 3.09. The summed E-state index contributed by atoms with van der Waals surface area (Å²) in [6.45, 7) is 3.96. The molecule has 0 unspecified atom stereocenters. The molecule has 6 heteroatoms. The van der Waals surface area contributed by atoms with Crippen molar-refractivity contribution in [2.45, 2.75) is 20.0 Å². The maximum Gasteiger partial charge on any atom is 0.227 e. The molecule has 4 rings (SSSR count). The van der Waals surface area contributed by atoms with Gasteiger partial charge in [0.2, 0.25) is 5.71 Å². The third-order valence-electron chi connectivity index (χ3n) is 4.79. The zero-order valence-corrected chi connectivity index (χ0v) is 14.1. The molecule has 0 bridgehead atoms. The summed E-state index contributed by atoms with van der Waals surface area (Å²) in [7, 11) is 1.82. The third-order valence-corrected chi connectivity index (χ3v) is 4.79. The summed E-state index contributed by atoms with van der Waals surface area (Å²) in [6, 6.07) is 12.1. The van der Waals surface area contributed by atoms with Crippen LogP contribution in [-0.4, -0.2) is 23.1 Å². The van der Waals surface area contributed by atoms with E-state index in [9.17, 15) is 10.5 Å². The summed E-state index contributed by atoms with van der Waals surface area (Å²) >= 11 is 0. The van der Waals surface area contributed by atoms with Gasteiger partial charge in [-0.1, -0.05) is 0 Å². The molecule has 1 aliphatic heterocycles. The maximum atomic E-state index is 9.59. The Labute approximate surface area is 144 Å². The molecular weight excluding hydrogens is 314 g/mol. The second-order valence-corrected chi connectivity index (χ2v) is 6.13. The topological polar surface area (TPSA) is 80.1 Å². The standard InChI is InChI=1S/C19H15N5O/c1-11-7-14-13-5-4-6-22-19(13)25-18(14)8-15(11)24-12(2)23(3)16(9-20)17(24)10-21/h4-8,12H,1-3H3/t12-/m0/s1. The van der Waals surface area contributed by atoms with Gasteiger partial charge in [-0.3, -0.25) is 0 Å². The van der Waals surface area contributed by atoms with Crippen LogP contribution in [-0.2, 0) is 0 Å².